The normalized spacial score (nSPS) is 11.8. The van der Waals surface area contributed by atoms with Gasteiger partial charge in [0.2, 0.25) is 5.88 Å². The molecule has 1 heterocycles. The van der Waals surface area contributed by atoms with Crippen molar-refractivity contribution in [1.29, 1.82) is 5.26 Å². The maximum Gasteiger partial charge on any atom is 0.222 e. The first-order chi connectivity index (χ1) is 13.6. The van der Waals surface area contributed by atoms with Crippen LogP contribution in [0.15, 0.2) is 42.5 Å². The molecule has 2 aromatic carbocycles. The molecule has 1 atom stereocenters. The molecule has 0 radical (unpaired) electrons. The summed E-state index contributed by atoms with van der Waals surface area (Å²) < 4.78 is 24.8. The van der Waals surface area contributed by atoms with E-state index in [9.17, 15) is 14.8 Å². The molecule has 0 spiro atoms. The van der Waals surface area contributed by atoms with Crippen LogP contribution in [0.4, 0.5) is 4.39 Å². The number of pyridine rings is 1. The summed E-state index contributed by atoms with van der Waals surface area (Å²) in [5, 5.41) is 29.3. The molecule has 28 heavy (non-hydrogen) atoms. The van der Waals surface area contributed by atoms with Crippen LogP contribution in [0.3, 0.4) is 0 Å². The van der Waals surface area contributed by atoms with Crippen molar-refractivity contribution in [2.45, 2.75) is 12.5 Å². The van der Waals surface area contributed by atoms with Crippen LogP contribution in [-0.2, 0) is 0 Å². The van der Waals surface area contributed by atoms with Crippen LogP contribution >= 0.6 is 0 Å². The lowest BCUT2D eigenvalue weighted by Crippen LogP contribution is -2.16. The minimum absolute atomic E-state index is 0.0871. The highest BCUT2D eigenvalue weighted by Crippen LogP contribution is 2.37. The first kappa shape index (κ1) is 19.5. The van der Waals surface area contributed by atoms with E-state index < -0.39 is 11.9 Å². The molecule has 0 aliphatic heterocycles. The molecule has 144 valence electrons. The van der Waals surface area contributed by atoms with Crippen molar-refractivity contribution in [3.8, 4) is 28.8 Å². The molecular formula is C21H19FN2O4. The molecule has 0 bridgehead atoms. The molecule has 0 saturated heterocycles. The number of aliphatic hydroxyl groups excluding tert-OH is 2. The molecule has 2 N–H and O–H groups in total. The number of rotatable bonds is 7. The van der Waals surface area contributed by atoms with Crippen LogP contribution in [0, 0.1) is 17.1 Å². The topological polar surface area (TPSA) is 95.6 Å². The van der Waals surface area contributed by atoms with Gasteiger partial charge in [0, 0.05) is 22.8 Å². The van der Waals surface area contributed by atoms with E-state index in [1.54, 1.807) is 30.3 Å². The summed E-state index contributed by atoms with van der Waals surface area (Å²) >= 11 is 0. The molecule has 0 amide bonds. The van der Waals surface area contributed by atoms with Gasteiger partial charge in [-0.15, -0.1) is 0 Å². The van der Waals surface area contributed by atoms with Crippen molar-refractivity contribution < 1.29 is 24.1 Å². The third kappa shape index (κ3) is 4.03. The molecule has 1 aromatic heterocycles. The number of hydrogen-bond donors (Lipinski definition) is 2. The minimum Gasteiger partial charge on any atom is -0.497 e. The van der Waals surface area contributed by atoms with Crippen LogP contribution < -0.4 is 9.47 Å². The number of fused-ring (bicyclic) bond motifs is 1. The molecule has 7 heteroatoms. The Bertz CT molecular complexity index is 1030. The lowest BCUT2D eigenvalue weighted by atomic mass is 9.97. The molecular weight excluding hydrogens is 363 g/mol. The second-order valence-corrected chi connectivity index (χ2v) is 6.15. The van der Waals surface area contributed by atoms with Crippen molar-refractivity contribution in [1.82, 2.24) is 4.98 Å². The highest BCUT2D eigenvalue weighted by Gasteiger charge is 2.18. The van der Waals surface area contributed by atoms with Gasteiger partial charge in [-0.1, -0.05) is 12.1 Å². The standard InChI is InChI=1S/C21H19FN2O4/c1-27-16-5-6-17-18(10-16)20(13-3-2-4-14(22)9-13)19(11-23)24-21(17)28-8-7-15(26)12-25/h2-6,9-10,15,25-26H,7-8,12H2,1H3/t15-/m0/s1. The van der Waals surface area contributed by atoms with E-state index in [0.717, 1.165) is 0 Å². The summed E-state index contributed by atoms with van der Waals surface area (Å²) in [5.41, 5.74) is 1.09. The van der Waals surface area contributed by atoms with Crippen molar-refractivity contribution in [3.05, 3.63) is 54.0 Å². The monoisotopic (exact) mass is 382 g/mol. The lowest BCUT2D eigenvalue weighted by molar-refractivity contribution is 0.0750. The molecule has 3 rings (SSSR count). The quantitative estimate of drug-likeness (QED) is 0.652. The Labute approximate surface area is 161 Å². The first-order valence-electron chi connectivity index (χ1n) is 8.67. The van der Waals surface area contributed by atoms with E-state index in [-0.39, 0.29) is 31.2 Å². The predicted molar refractivity (Wildman–Crippen MR) is 102 cm³/mol. The van der Waals surface area contributed by atoms with Gasteiger partial charge in [-0.3, -0.25) is 0 Å². The summed E-state index contributed by atoms with van der Waals surface area (Å²) in [6.07, 6.45) is -0.683. The van der Waals surface area contributed by atoms with E-state index in [4.69, 9.17) is 14.6 Å². The Kier molecular flexibility index (Phi) is 6.04. The van der Waals surface area contributed by atoms with Crippen LogP contribution in [0.25, 0.3) is 21.9 Å². The lowest BCUT2D eigenvalue weighted by Gasteiger charge is -2.15. The van der Waals surface area contributed by atoms with E-state index in [0.29, 0.717) is 27.6 Å². The van der Waals surface area contributed by atoms with E-state index in [1.807, 2.05) is 0 Å². The van der Waals surface area contributed by atoms with Gasteiger partial charge in [0.15, 0.2) is 5.69 Å². The van der Waals surface area contributed by atoms with Gasteiger partial charge >= 0.3 is 0 Å². The number of halogens is 1. The largest absolute Gasteiger partial charge is 0.497 e. The summed E-state index contributed by atoms with van der Waals surface area (Å²) in [6.45, 7) is -0.253. The van der Waals surface area contributed by atoms with Gasteiger partial charge in [-0.2, -0.15) is 5.26 Å². The number of methoxy groups -OCH3 is 1. The Balaban J connectivity index is 2.17. The second kappa shape index (κ2) is 8.65. The van der Waals surface area contributed by atoms with Gasteiger partial charge in [-0.25, -0.2) is 9.37 Å². The molecule has 0 saturated carbocycles. The number of hydrogen-bond acceptors (Lipinski definition) is 6. The number of nitrogens with zero attached hydrogens (tertiary/aromatic N) is 2. The zero-order valence-corrected chi connectivity index (χ0v) is 15.2. The zero-order valence-electron chi connectivity index (χ0n) is 15.2. The highest BCUT2D eigenvalue weighted by molar-refractivity contribution is 6.01. The number of nitriles is 1. The Morgan fingerprint density at radius 3 is 2.71 bits per heavy atom. The van der Waals surface area contributed by atoms with Gasteiger partial charge in [0.25, 0.3) is 0 Å². The smallest absolute Gasteiger partial charge is 0.222 e. The van der Waals surface area contributed by atoms with Crippen molar-refractivity contribution >= 4 is 10.8 Å². The Hall–Kier alpha value is -3.21. The van der Waals surface area contributed by atoms with Crippen LogP contribution in [0.2, 0.25) is 0 Å². The third-order valence-electron chi connectivity index (χ3n) is 4.30. The fourth-order valence-electron chi connectivity index (χ4n) is 2.90. The molecule has 0 fully saturated rings. The summed E-state index contributed by atoms with van der Waals surface area (Å²) in [7, 11) is 1.53. The summed E-state index contributed by atoms with van der Waals surface area (Å²) in [4.78, 5) is 4.31. The summed E-state index contributed by atoms with van der Waals surface area (Å²) in [5.74, 6) is 0.372. The van der Waals surface area contributed by atoms with Gasteiger partial charge in [-0.05, 0) is 35.9 Å². The average Bonchev–Trinajstić information content (AvgIpc) is 2.72. The second-order valence-electron chi connectivity index (χ2n) is 6.15. The maximum absolute atomic E-state index is 13.8. The van der Waals surface area contributed by atoms with Crippen molar-refractivity contribution in [3.63, 3.8) is 0 Å². The van der Waals surface area contributed by atoms with Gasteiger partial charge in [0.05, 0.1) is 26.4 Å². The molecule has 6 nitrogen and oxygen atoms in total. The van der Waals surface area contributed by atoms with E-state index in [2.05, 4.69) is 11.1 Å². The van der Waals surface area contributed by atoms with E-state index in [1.165, 1.54) is 19.2 Å². The zero-order chi connectivity index (χ0) is 20.1. The van der Waals surface area contributed by atoms with Crippen molar-refractivity contribution in [2.75, 3.05) is 20.3 Å². The molecule has 0 unspecified atom stereocenters. The van der Waals surface area contributed by atoms with Crippen molar-refractivity contribution in [2.24, 2.45) is 0 Å². The Morgan fingerprint density at radius 1 is 1.21 bits per heavy atom. The first-order valence-corrected chi connectivity index (χ1v) is 8.67. The Morgan fingerprint density at radius 2 is 2.04 bits per heavy atom. The fourth-order valence-corrected chi connectivity index (χ4v) is 2.90. The number of aromatic nitrogens is 1. The van der Waals surface area contributed by atoms with E-state index >= 15 is 0 Å². The molecule has 0 aliphatic carbocycles. The van der Waals surface area contributed by atoms with Crippen LogP contribution in [0.1, 0.15) is 12.1 Å². The highest BCUT2D eigenvalue weighted by atomic mass is 19.1. The SMILES string of the molecule is COc1ccc2c(OCC[C@H](O)CO)nc(C#N)c(-c3cccc(F)c3)c2c1. The third-order valence-corrected chi connectivity index (χ3v) is 4.30. The van der Waals surface area contributed by atoms with Gasteiger partial charge < -0.3 is 19.7 Å². The van der Waals surface area contributed by atoms with Crippen LogP contribution in [-0.4, -0.2) is 41.6 Å². The molecule has 3 aromatic rings. The average molecular weight is 382 g/mol. The summed E-state index contributed by atoms with van der Waals surface area (Å²) in [6, 6.07) is 13.2. The molecule has 0 aliphatic rings. The number of ether oxygens (including phenoxy) is 2. The number of aliphatic hydroxyl groups is 2. The predicted octanol–water partition coefficient (Wildman–Crippen LogP) is 3.04. The van der Waals surface area contributed by atoms with Gasteiger partial charge in [0.1, 0.15) is 17.6 Å². The number of benzene rings is 2. The fraction of sp³-hybridized carbons (Fsp3) is 0.238. The van der Waals surface area contributed by atoms with Crippen LogP contribution in [0.5, 0.6) is 11.6 Å². The maximum atomic E-state index is 13.8. The minimum atomic E-state index is -0.895.